The van der Waals surface area contributed by atoms with Crippen LogP contribution in [0.2, 0.25) is 0 Å². The molecule has 0 bridgehead atoms. The van der Waals surface area contributed by atoms with Crippen molar-refractivity contribution in [1.82, 2.24) is 0 Å². The molecule has 3 rings (SSSR count). The number of fused-ring (bicyclic) bond motifs is 1. The van der Waals surface area contributed by atoms with Gasteiger partial charge in [0.2, 0.25) is 0 Å². The number of aliphatic hydroxyl groups is 3. The summed E-state index contributed by atoms with van der Waals surface area (Å²) in [6.45, 7) is 13.0. The molecule has 0 unspecified atom stereocenters. The van der Waals surface area contributed by atoms with Gasteiger partial charge < -0.3 is 15.3 Å². The van der Waals surface area contributed by atoms with Crippen molar-refractivity contribution >= 4 is 11.8 Å². The topological polar surface area (TPSA) is 60.7 Å². The van der Waals surface area contributed by atoms with Crippen molar-refractivity contribution in [3.8, 4) is 0 Å². The fourth-order valence-electron chi connectivity index (χ4n) is 6.27. The Morgan fingerprint density at radius 1 is 1.25 bits per heavy atom. The van der Waals surface area contributed by atoms with E-state index in [0.717, 1.165) is 43.3 Å². The van der Waals surface area contributed by atoms with Crippen LogP contribution in [0, 0.1) is 17.3 Å². The summed E-state index contributed by atoms with van der Waals surface area (Å²) in [5.41, 5.74) is 5.07. The molecule has 2 saturated carbocycles. The summed E-state index contributed by atoms with van der Waals surface area (Å²) >= 11 is 1.39. The van der Waals surface area contributed by atoms with Gasteiger partial charge in [-0.05, 0) is 60.5 Å². The Balaban J connectivity index is 1.74. The quantitative estimate of drug-likeness (QED) is 0.293. The lowest BCUT2D eigenvalue weighted by atomic mass is 9.64. The van der Waals surface area contributed by atoms with E-state index in [9.17, 15) is 15.3 Å². The van der Waals surface area contributed by atoms with E-state index in [0.29, 0.717) is 23.5 Å². The Morgan fingerprint density at radius 2 is 1.97 bits per heavy atom. The van der Waals surface area contributed by atoms with Crippen LogP contribution in [0.5, 0.6) is 0 Å². The number of allylic oxidation sites excluding steroid dienone is 5. The van der Waals surface area contributed by atoms with Gasteiger partial charge in [-0.2, -0.15) is 0 Å². The molecule has 0 aromatic heterocycles. The van der Waals surface area contributed by atoms with Crippen LogP contribution >= 0.6 is 11.8 Å². The first-order chi connectivity index (χ1) is 15.2. The molecule has 180 valence electrons. The van der Waals surface area contributed by atoms with Crippen molar-refractivity contribution in [2.75, 3.05) is 5.75 Å². The molecule has 3 N–H and O–H groups in total. The molecule has 3 aliphatic carbocycles. The summed E-state index contributed by atoms with van der Waals surface area (Å²) in [7, 11) is 0. The number of aliphatic hydroxyl groups excluding tert-OH is 2. The highest BCUT2D eigenvalue weighted by Gasteiger charge is 2.44. The highest BCUT2D eigenvalue weighted by molar-refractivity contribution is 8.00. The van der Waals surface area contributed by atoms with Gasteiger partial charge in [0.25, 0.3) is 0 Å². The molecule has 0 aromatic carbocycles. The lowest BCUT2D eigenvalue weighted by Crippen LogP contribution is -2.38. The summed E-state index contributed by atoms with van der Waals surface area (Å²) < 4.78 is 0. The molecule has 3 nitrogen and oxygen atoms in total. The maximum Gasteiger partial charge on any atom is 0.117 e. The molecule has 0 aliphatic heterocycles. The van der Waals surface area contributed by atoms with Crippen molar-refractivity contribution < 1.29 is 15.3 Å². The highest BCUT2D eigenvalue weighted by Crippen LogP contribution is 2.55. The molecule has 3 aliphatic rings. The summed E-state index contributed by atoms with van der Waals surface area (Å²) in [6.07, 6.45) is 14.1. The Kier molecular flexibility index (Phi) is 8.57. The normalized spacial score (nSPS) is 36.6. The van der Waals surface area contributed by atoms with E-state index in [-0.39, 0.29) is 12.3 Å². The summed E-state index contributed by atoms with van der Waals surface area (Å²) in [5.74, 6) is 1.32. The van der Waals surface area contributed by atoms with Crippen molar-refractivity contribution in [3.05, 3.63) is 47.1 Å². The molecule has 0 saturated heterocycles. The predicted molar refractivity (Wildman–Crippen MR) is 136 cm³/mol. The standard InChI is InChI=1S/C28H44O3S/c1-6-20(7-2)26(30)18-32-28(31)16-22(19(4)25(29)17-28)12-11-21-10-9-15-27(5)23(8-3)13-14-24(21)27/h11-13,20,24-26,29-31H,4,6-10,14-18H2,1-3,5H3/t24-,25+,26-,27-,28+/m1/s1. The van der Waals surface area contributed by atoms with Crippen LogP contribution < -0.4 is 0 Å². The second kappa shape index (κ2) is 10.6. The zero-order valence-corrected chi connectivity index (χ0v) is 21.4. The van der Waals surface area contributed by atoms with Crippen molar-refractivity contribution in [2.45, 2.75) is 103 Å². The molecule has 0 spiro atoms. The van der Waals surface area contributed by atoms with Gasteiger partial charge in [0, 0.05) is 18.6 Å². The van der Waals surface area contributed by atoms with Gasteiger partial charge in [-0.3, -0.25) is 0 Å². The molecule has 2 fully saturated rings. The van der Waals surface area contributed by atoms with Gasteiger partial charge in [0.1, 0.15) is 4.93 Å². The van der Waals surface area contributed by atoms with E-state index in [1.165, 1.54) is 30.2 Å². The lowest BCUT2D eigenvalue weighted by Gasteiger charge is -2.41. The average Bonchev–Trinajstić information content (AvgIpc) is 3.11. The second-order valence-electron chi connectivity index (χ2n) is 10.4. The van der Waals surface area contributed by atoms with Gasteiger partial charge >= 0.3 is 0 Å². The Hall–Kier alpha value is -0.810. The van der Waals surface area contributed by atoms with Gasteiger partial charge in [-0.25, -0.2) is 0 Å². The molecule has 5 atom stereocenters. The third-order valence-electron chi connectivity index (χ3n) is 8.50. The van der Waals surface area contributed by atoms with Gasteiger partial charge in [0.15, 0.2) is 0 Å². The minimum atomic E-state index is -1.07. The SMILES string of the molecule is C=C1C(=CC=C2CCC[C@]3(C)C(CC)=CC[C@H]23)C[C@](O)(SC[C@@H](O)C(CC)CC)C[C@@H]1O. The van der Waals surface area contributed by atoms with E-state index in [1.54, 1.807) is 5.57 Å². The lowest BCUT2D eigenvalue weighted by molar-refractivity contribution is 0.0589. The van der Waals surface area contributed by atoms with Crippen LogP contribution in [-0.2, 0) is 0 Å². The van der Waals surface area contributed by atoms with E-state index in [2.05, 4.69) is 52.5 Å². The first kappa shape index (κ1) is 25.8. The third kappa shape index (κ3) is 5.29. The van der Waals surface area contributed by atoms with Crippen LogP contribution in [-0.4, -0.2) is 38.2 Å². The zero-order chi connectivity index (χ0) is 23.5. The average molecular weight is 461 g/mol. The molecule has 0 aromatic rings. The molecule has 32 heavy (non-hydrogen) atoms. The summed E-state index contributed by atoms with van der Waals surface area (Å²) in [4.78, 5) is -1.07. The van der Waals surface area contributed by atoms with Crippen molar-refractivity contribution in [2.24, 2.45) is 17.3 Å². The van der Waals surface area contributed by atoms with Gasteiger partial charge in [-0.15, -0.1) is 11.8 Å². The molecule has 0 amide bonds. The van der Waals surface area contributed by atoms with Crippen LogP contribution in [0.15, 0.2) is 47.1 Å². The van der Waals surface area contributed by atoms with E-state index < -0.39 is 17.1 Å². The maximum atomic E-state index is 11.3. The Morgan fingerprint density at radius 3 is 2.62 bits per heavy atom. The fourth-order valence-corrected chi connectivity index (χ4v) is 7.56. The fraction of sp³-hybridized carbons (Fsp3) is 0.714. The van der Waals surface area contributed by atoms with Crippen LogP contribution in [0.1, 0.15) is 85.5 Å². The number of hydrogen-bond acceptors (Lipinski definition) is 4. The minimum absolute atomic E-state index is 0.253. The van der Waals surface area contributed by atoms with Crippen LogP contribution in [0.25, 0.3) is 0 Å². The number of rotatable bonds is 8. The van der Waals surface area contributed by atoms with Gasteiger partial charge in [-0.1, -0.05) is 76.5 Å². The smallest absolute Gasteiger partial charge is 0.117 e. The first-order valence-corrected chi connectivity index (χ1v) is 13.7. The zero-order valence-electron chi connectivity index (χ0n) is 20.6. The van der Waals surface area contributed by atoms with E-state index >= 15 is 0 Å². The molecule has 0 radical (unpaired) electrons. The summed E-state index contributed by atoms with van der Waals surface area (Å²) in [6, 6.07) is 0. The third-order valence-corrected chi connectivity index (χ3v) is 9.86. The number of hydrogen-bond donors (Lipinski definition) is 3. The Bertz CT molecular complexity index is 778. The largest absolute Gasteiger partial charge is 0.392 e. The van der Waals surface area contributed by atoms with Gasteiger partial charge in [0.05, 0.1) is 12.2 Å². The van der Waals surface area contributed by atoms with E-state index in [1.807, 2.05) is 0 Å². The monoisotopic (exact) mass is 460 g/mol. The second-order valence-corrected chi connectivity index (χ2v) is 11.8. The molecule has 4 heteroatoms. The minimum Gasteiger partial charge on any atom is -0.392 e. The Labute approximate surface area is 199 Å². The van der Waals surface area contributed by atoms with Crippen molar-refractivity contribution in [3.63, 3.8) is 0 Å². The maximum absolute atomic E-state index is 11.3. The van der Waals surface area contributed by atoms with Crippen molar-refractivity contribution in [1.29, 1.82) is 0 Å². The van der Waals surface area contributed by atoms with Crippen LogP contribution in [0.3, 0.4) is 0 Å². The predicted octanol–water partition coefficient (Wildman–Crippen LogP) is 6.32. The highest BCUT2D eigenvalue weighted by atomic mass is 32.2. The molecular formula is C28H44O3S. The van der Waals surface area contributed by atoms with E-state index in [4.69, 9.17) is 0 Å². The summed E-state index contributed by atoms with van der Waals surface area (Å²) in [5, 5.41) is 32.4. The van der Waals surface area contributed by atoms with Crippen LogP contribution in [0.4, 0.5) is 0 Å². The molecule has 0 heterocycles. The first-order valence-electron chi connectivity index (χ1n) is 12.7. The number of thioether (sulfide) groups is 1. The molecular weight excluding hydrogens is 416 g/mol.